The number of rotatable bonds is 4. The van der Waals surface area contributed by atoms with Crippen molar-refractivity contribution in [1.29, 1.82) is 0 Å². The highest BCUT2D eigenvalue weighted by atomic mass is 35.5. The summed E-state index contributed by atoms with van der Waals surface area (Å²) in [5.41, 5.74) is 0.737. The standard InChI is InChI=1S/C14H18ClNO2/c1-11-10-16(8-9-18-11)7-6-14(17)12-2-4-13(15)5-3-12/h2-5,11H,6-10H2,1H3. The summed E-state index contributed by atoms with van der Waals surface area (Å²) in [4.78, 5) is 14.3. The Bertz CT molecular complexity index is 405. The van der Waals surface area contributed by atoms with Gasteiger partial charge < -0.3 is 4.74 Å². The fourth-order valence-electron chi connectivity index (χ4n) is 2.13. The van der Waals surface area contributed by atoms with Crippen LogP contribution in [0.4, 0.5) is 0 Å². The van der Waals surface area contributed by atoms with E-state index >= 15 is 0 Å². The molecular formula is C14H18ClNO2. The van der Waals surface area contributed by atoms with E-state index in [9.17, 15) is 4.79 Å². The number of morpholine rings is 1. The van der Waals surface area contributed by atoms with Crippen molar-refractivity contribution in [3.8, 4) is 0 Å². The largest absolute Gasteiger partial charge is 0.376 e. The Balaban J connectivity index is 1.82. The van der Waals surface area contributed by atoms with Crippen LogP contribution in [0.15, 0.2) is 24.3 Å². The third-order valence-corrected chi connectivity index (χ3v) is 3.40. The topological polar surface area (TPSA) is 29.5 Å². The lowest BCUT2D eigenvalue weighted by molar-refractivity contribution is -0.0180. The van der Waals surface area contributed by atoms with Crippen LogP contribution in [-0.4, -0.2) is 43.0 Å². The molecule has 1 aliphatic rings. The Morgan fingerprint density at radius 1 is 1.44 bits per heavy atom. The van der Waals surface area contributed by atoms with Crippen molar-refractivity contribution in [3.63, 3.8) is 0 Å². The Labute approximate surface area is 113 Å². The van der Waals surface area contributed by atoms with Gasteiger partial charge in [-0.05, 0) is 31.2 Å². The molecule has 2 rings (SSSR count). The zero-order valence-corrected chi connectivity index (χ0v) is 11.3. The number of carbonyl (C=O) groups is 1. The van der Waals surface area contributed by atoms with E-state index in [4.69, 9.17) is 16.3 Å². The molecule has 0 aromatic heterocycles. The summed E-state index contributed by atoms with van der Waals surface area (Å²) in [5, 5.41) is 0.661. The number of hydrogen-bond donors (Lipinski definition) is 0. The minimum Gasteiger partial charge on any atom is -0.376 e. The van der Waals surface area contributed by atoms with Gasteiger partial charge in [-0.3, -0.25) is 9.69 Å². The van der Waals surface area contributed by atoms with Gasteiger partial charge in [-0.2, -0.15) is 0 Å². The van der Waals surface area contributed by atoms with Gasteiger partial charge in [0.25, 0.3) is 0 Å². The molecule has 0 saturated carbocycles. The number of Topliss-reactive ketones (excluding diaryl/α,β-unsaturated/α-hetero) is 1. The molecule has 1 atom stereocenters. The van der Waals surface area contributed by atoms with Gasteiger partial charge in [0.05, 0.1) is 12.7 Å². The lowest BCUT2D eigenvalue weighted by Gasteiger charge is -2.30. The Morgan fingerprint density at radius 2 is 2.17 bits per heavy atom. The smallest absolute Gasteiger partial charge is 0.164 e. The van der Waals surface area contributed by atoms with Crippen molar-refractivity contribution < 1.29 is 9.53 Å². The number of ether oxygens (including phenoxy) is 1. The van der Waals surface area contributed by atoms with Gasteiger partial charge in [0, 0.05) is 36.6 Å². The quantitative estimate of drug-likeness (QED) is 0.786. The normalized spacial score (nSPS) is 20.9. The highest BCUT2D eigenvalue weighted by Gasteiger charge is 2.17. The molecule has 0 N–H and O–H groups in total. The molecule has 1 aromatic carbocycles. The number of ketones is 1. The van der Waals surface area contributed by atoms with Crippen LogP contribution in [0.1, 0.15) is 23.7 Å². The molecule has 0 bridgehead atoms. The highest BCUT2D eigenvalue weighted by Crippen LogP contribution is 2.12. The van der Waals surface area contributed by atoms with Crippen molar-refractivity contribution in [2.45, 2.75) is 19.4 Å². The summed E-state index contributed by atoms with van der Waals surface area (Å²) in [6.45, 7) is 5.45. The summed E-state index contributed by atoms with van der Waals surface area (Å²) < 4.78 is 5.47. The van der Waals surface area contributed by atoms with Gasteiger partial charge in [0.1, 0.15) is 0 Å². The first kappa shape index (κ1) is 13.5. The summed E-state index contributed by atoms with van der Waals surface area (Å²) in [6.07, 6.45) is 0.818. The van der Waals surface area contributed by atoms with Crippen LogP contribution in [-0.2, 0) is 4.74 Å². The number of halogens is 1. The van der Waals surface area contributed by atoms with Gasteiger partial charge in [0.2, 0.25) is 0 Å². The zero-order chi connectivity index (χ0) is 13.0. The van der Waals surface area contributed by atoms with Crippen LogP contribution >= 0.6 is 11.6 Å². The molecule has 1 aliphatic heterocycles. The molecule has 1 aromatic rings. The van der Waals surface area contributed by atoms with Gasteiger partial charge in [-0.25, -0.2) is 0 Å². The maximum Gasteiger partial charge on any atom is 0.164 e. The predicted molar refractivity (Wildman–Crippen MR) is 72.3 cm³/mol. The first-order valence-electron chi connectivity index (χ1n) is 6.28. The molecule has 4 heteroatoms. The second kappa shape index (κ2) is 6.32. The van der Waals surface area contributed by atoms with Crippen LogP contribution in [0, 0.1) is 0 Å². The summed E-state index contributed by atoms with van der Waals surface area (Å²) in [6, 6.07) is 7.08. The van der Waals surface area contributed by atoms with Gasteiger partial charge in [0.15, 0.2) is 5.78 Å². The minimum absolute atomic E-state index is 0.172. The molecule has 0 aliphatic carbocycles. The Kier molecular flexibility index (Phi) is 4.75. The van der Waals surface area contributed by atoms with E-state index in [2.05, 4.69) is 11.8 Å². The van der Waals surface area contributed by atoms with Crippen molar-refractivity contribution in [2.24, 2.45) is 0 Å². The molecule has 3 nitrogen and oxygen atoms in total. The third kappa shape index (κ3) is 3.80. The summed E-state index contributed by atoms with van der Waals surface area (Å²) in [5.74, 6) is 0.172. The SMILES string of the molecule is CC1CN(CCC(=O)c2ccc(Cl)cc2)CCO1. The van der Waals surface area contributed by atoms with Crippen molar-refractivity contribution >= 4 is 17.4 Å². The third-order valence-electron chi connectivity index (χ3n) is 3.15. The molecule has 1 unspecified atom stereocenters. The maximum atomic E-state index is 12.0. The molecule has 0 amide bonds. The lowest BCUT2D eigenvalue weighted by Crippen LogP contribution is -2.41. The predicted octanol–water partition coefficient (Wildman–Crippen LogP) is 2.63. The minimum atomic E-state index is 0.172. The average molecular weight is 268 g/mol. The number of nitrogens with zero attached hydrogens (tertiary/aromatic N) is 1. The van der Waals surface area contributed by atoms with Crippen LogP contribution in [0.2, 0.25) is 5.02 Å². The first-order chi connectivity index (χ1) is 8.65. The van der Waals surface area contributed by atoms with E-state index in [1.807, 2.05) is 0 Å². The molecule has 1 fully saturated rings. The molecule has 1 saturated heterocycles. The summed E-state index contributed by atoms with van der Waals surface area (Å²) >= 11 is 5.80. The van der Waals surface area contributed by atoms with E-state index in [-0.39, 0.29) is 11.9 Å². The van der Waals surface area contributed by atoms with E-state index in [1.54, 1.807) is 24.3 Å². The molecule has 0 spiro atoms. The van der Waals surface area contributed by atoms with Crippen molar-refractivity contribution in [2.75, 3.05) is 26.2 Å². The zero-order valence-electron chi connectivity index (χ0n) is 10.6. The Morgan fingerprint density at radius 3 is 2.83 bits per heavy atom. The van der Waals surface area contributed by atoms with Crippen molar-refractivity contribution in [1.82, 2.24) is 4.90 Å². The van der Waals surface area contributed by atoms with Gasteiger partial charge >= 0.3 is 0 Å². The molecule has 1 heterocycles. The molecular weight excluding hydrogens is 250 g/mol. The number of hydrogen-bond acceptors (Lipinski definition) is 3. The number of benzene rings is 1. The van der Waals surface area contributed by atoms with Crippen LogP contribution in [0.25, 0.3) is 0 Å². The van der Waals surface area contributed by atoms with Crippen molar-refractivity contribution in [3.05, 3.63) is 34.9 Å². The van der Waals surface area contributed by atoms with E-state index in [0.717, 1.165) is 31.8 Å². The van der Waals surface area contributed by atoms with Crippen LogP contribution < -0.4 is 0 Å². The van der Waals surface area contributed by atoms with E-state index in [1.165, 1.54) is 0 Å². The van der Waals surface area contributed by atoms with Gasteiger partial charge in [-0.15, -0.1) is 0 Å². The second-order valence-corrected chi connectivity index (χ2v) is 5.10. The second-order valence-electron chi connectivity index (χ2n) is 4.66. The van der Waals surface area contributed by atoms with E-state index in [0.29, 0.717) is 11.4 Å². The number of carbonyl (C=O) groups excluding carboxylic acids is 1. The fraction of sp³-hybridized carbons (Fsp3) is 0.500. The van der Waals surface area contributed by atoms with E-state index < -0.39 is 0 Å². The first-order valence-corrected chi connectivity index (χ1v) is 6.65. The lowest BCUT2D eigenvalue weighted by atomic mass is 10.1. The average Bonchev–Trinajstić information content (AvgIpc) is 2.37. The molecule has 18 heavy (non-hydrogen) atoms. The fourth-order valence-corrected chi connectivity index (χ4v) is 2.26. The van der Waals surface area contributed by atoms with Crippen LogP contribution in [0.3, 0.4) is 0 Å². The molecule has 98 valence electrons. The molecule has 0 radical (unpaired) electrons. The maximum absolute atomic E-state index is 12.0. The Hall–Kier alpha value is -0.900. The summed E-state index contributed by atoms with van der Waals surface area (Å²) in [7, 11) is 0. The highest BCUT2D eigenvalue weighted by molar-refractivity contribution is 6.30. The monoisotopic (exact) mass is 267 g/mol. The van der Waals surface area contributed by atoms with Gasteiger partial charge in [-0.1, -0.05) is 11.6 Å². The van der Waals surface area contributed by atoms with Crippen LogP contribution in [0.5, 0.6) is 0 Å².